The molecule has 0 saturated carbocycles. The number of nitrogens with zero attached hydrogens (tertiary/aromatic N) is 4. The van der Waals surface area contributed by atoms with Gasteiger partial charge in [-0.25, -0.2) is 9.97 Å². The van der Waals surface area contributed by atoms with Crippen LogP contribution in [0.4, 0.5) is 11.4 Å². The summed E-state index contributed by atoms with van der Waals surface area (Å²) in [6.07, 6.45) is 5.62. The maximum Gasteiger partial charge on any atom is 0.234 e. The number of carbonyl (C=O) groups excluding carboxylic acids is 2. The first kappa shape index (κ1) is 21.6. The largest absolute Gasteiger partial charge is 0.495 e. The number of methoxy groups -OCH3 is 1. The van der Waals surface area contributed by atoms with Crippen LogP contribution in [-0.4, -0.2) is 39.8 Å². The number of anilines is 2. The van der Waals surface area contributed by atoms with Gasteiger partial charge in [0.15, 0.2) is 0 Å². The molecule has 1 N–H and O–H groups in total. The lowest BCUT2D eigenvalue weighted by atomic mass is 10.1. The van der Waals surface area contributed by atoms with Gasteiger partial charge in [0.2, 0.25) is 17.6 Å². The summed E-state index contributed by atoms with van der Waals surface area (Å²) < 4.78 is 7.30. The summed E-state index contributed by atoms with van der Waals surface area (Å²) in [6.45, 7) is 4.39. The third kappa shape index (κ3) is 3.98. The smallest absolute Gasteiger partial charge is 0.234 e. The molecule has 34 heavy (non-hydrogen) atoms. The van der Waals surface area contributed by atoms with Crippen LogP contribution in [0.2, 0.25) is 0 Å². The summed E-state index contributed by atoms with van der Waals surface area (Å²) in [5.74, 6) is 0.402. The van der Waals surface area contributed by atoms with E-state index in [1.165, 1.54) is 0 Å². The third-order valence-electron chi connectivity index (χ3n) is 6.29. The van der Waals surface area contributed by atoms with Crippen LogP contribution < -0.4 is 15.0 Å². The second-order valence-electron chi connectivity index (χ2n) is 8.53. The number of ether oxygens (including phenoxy) is 1. The molecule has 2 amide bonds. The topological polar surface area (TPSA) is 88.8 Å². The zero-order valence-electron chi connectivity index (χ0n) is 19.3. The Labute approximate surface area is 197 Å². The van der Waals surface area contributed by atoms with Crippen molar-refractivity contribution in [2.45, 2.75) is 20.3 Å². The lowest BCUT2D eigenvalue weighted by Crippen LogP contribution is -2.28. The summed E-state index contributed by atoms with van der Waals surface area (Å²) in [4.78, 5) is 36.3. The van der Waals surface area contributed by atoms with E-state index in [-0.39, 0.29) is 18.2 Å². The standard InChI is InChI=1S/C26H25N5O3/c1-16-5-7-20(11-17(16)2)31-14-19(13-24(31)32)25(33)28-21-12-18(6-8-23(21)34-3)22-15-30-10-4-9-27-26(30)29-22/h4-12,15,19H,13-14H2,1-3H3,(H,28,33)/t19-/m0/s1. The minimum Gasteiger partial charge on any atom is -0.495 e. The average Bonchev–Trinajstić information content (AvgIpc) is 3.44. The summed E-state index contributed by atoms with van der Waals surface area (Å²) in [5, 5.41) is 2.97. The highest BCUT2D eigenvalue weighted by molar-refractivity contribution is 6.04. The average molecular weight is 456 g/mol. The summed E-state index contributed by atoms with van der Waals surface area (Å²) >= 11 is 0. The third-order valence-corrected chi connectivity index (χ3v) is 6.29. The van der Waals surface area contributed by atoms with Crippen molar-refractivity contribution in [1.82, 2.24) is 14.4 Å². The Morgan fingerprint density at radius 3 is 2.76 bits per heavy atom. The summed E-state index contributed by atoms with van der Waals surface area (Å²) in [7, 11) is 1.56. The Hall–Kier alpha value is -4.20. The molecule has 1 fully saturated rings. The summed E-state index contributed by atoms with van der Waals surface area (Å²) in [5.41, 5.74) is 5.19. The fourth-order valence-electron chi connectivity index (χ4n) is 4.20. The van der Waals surface area contributed by atoms with Crippen LogP contribution in [-0.2, 0) is 9.59 Å². The molecule has 1 saturated heterocycles. The van der Waals surface area contributed by atoms with Crippen molar-refractivity contribution in [3.8, 4) is 17.0 Å². The van der Waals surface area contributed by atoms with Crippen LogP contribution in [0.3, 0.4) is 0 Å². The van der Waals surface area contributed by atoms with Gasteiger partial charge in [0.1, 0.15) is 5.75 Å². The van der Waals surface area contributed by atoms with E-state index < -0.39 is 5.92 Å². The van der Waals surface area contributed by atoms with Crippen molar-refractivity contribution < 1.29 is 14.3 Å². The normalized spacial score (nSPS) is 15.7. The second kappa shape index (κ2) is 8.62. The van der Waals surface area contributed by atoms with E-state index in [2.05, 4.69) is 15.3 Å². The number of fused-ring (bicyclic) bond motifs is 1. The van der Waals surface area contributed by atoms with Crippen molar-refractivity contribution >= 4 is 29.0 Å². The van der Waals surface area contributed by atoms with Gasteiger partial charge in [-0.05, 0) is 61.4 Å². The molecule has 0 spiro atoms. The van der Waals surface area contributed by atoms with E-state index in [4.69, 9.17) is 4.74 Å². The molecule has 1 atom stereocenters. The van der Waals surface area contributed by atoms with E-state index in [1.54, 1.807) is 24.3 Å². The van der Waals surface area contributed by atoms with Crippen LogP contribution >= 0.6 is 0 Å². The van der Waals surface area contributed by atoms with Gasteiger partial charge in [-0.2, -0.15) is 0 Å². The number of nitrogens with one attached hydrogen (secondary N) is 1. The predicted octanol–water partition coefficient (Wildman–Crippen LogP) is 4.01. The van der Waals surface area contributed by atoms with E-state index in [1.807, 2.05) is 67.0 Å². The maximum absolute atomic E-state index is 13.1. The van der Waals surface area contributed by atoms with Gasteiger partial charge in [0.25, 0.3) is 0 Å². The number of aryl methyl sites for hydroxylation is 2. The van der Waals surface area contributed by atoms with Crippen LogP contribution in [0.1, 0.15) is 17.5 Å². The number of carbonyl (C=O) groups is 2. The molecular weight excluding hydrogens is 430 g/mol. The molecular formula is C26H25N5O3. The zero-order valence-corrected chi connectivity index (χ0v) is 19.3. The Morgan fingerprint density at radius 1 is 1.15 bits per heavy atom. The molecule has 8 heteroatoms. The lowest BCUT2D eigenvalue weighted by molar-refractivity contribution is -0.122. The molecule has 3 heterocycles. The first-order chi connectivity index (χ1) is 16.4. The highest BCUT2D eigenvalue weighted by Gasteiger charge is 2.35. The number of hydrogen-bond acceptors (Lipinski definition) is 5. The van der Waals surface area contributed by atoms with Crippen molar-refractivity contribution in [1.29, 1.82) is 0 Å². The monoisotopic (exact) mass is 455 g/mol. The molecule has 172 valence electrons. The maximum atomic E-state index is 13.1. The Balaban J connectivity index is 1.37. The minimum atomic E-state index is -0.457. The highest BCUT2D eigenvalue weighted by atomic mass is 16.5. The van der Waals surface area contributed by atoms with Gasteiger partial charge in [-0.1, -0.05) is 6.07 Å². The molecule has 1 aliphatic heterocycles. The number of benzene rings is 2. The van der Waals surface area contributed by atoms with Crippen molar-refractivity contribution in [3.63, 3.8) is 0 Å². The van der Waals surface area contributed by atoms with E-state index in [0.29, 0.717) is 23.8 Å². The van der Waals surface area contributed by atoms with Crippen molar-refractivity contribution in [2.24, 2.45) is 5.92 Å². The van der Waals surface area contributed by atoms with E-state index in [0.717, 1.165) is 28.1 Å². The number of amides is 2. The Bertz CT molecular complexity index is 1380. The number of aromatic nitrogens is 3. The fraction of sp³-hybridized carbons (Fsp3) is 0.231. The second-order valence-corrected chi connectivity index (χ2v) is 8.53. The lowest BCUT2D eigenvalue weighted by Gasteiger charge is -2.18. The van der Waals surface area contributed by atoms with Gasteiger partial charge in [-0.15, -0.1) is 0 Å². The first-order valence-electron chi connectivity index (χ1n) is 11.1. The molecule has 8 nitrogen and oxygen atoms in total. The molecule has 5 rings (SSSR count). The molecule has 2 aromatic heterocycles. The van der Waals surface area contributed by atoms with E-state index in [9.17, 15) is 9.59 Å². The highest BCUT2D eigenvalue weighted by Crippen LogP contribution is 2.32. The summed E-state index contributed by atoms with van der Waals surface area (Å²) in [6, 6.07) is 13.3. The molecule has 0 aliphatic carbocycles. The van der Waals surface area contributed by atoms with Gasteiger partial charge in [0, 0.05) is 42.8 Å². The molecule has 1 aliphatic rings. The predicted molar refractivity (Wildman–Crippen MR) is 130 cm³/mol. The fourth-order valence-corrected chi connectivity index (χ4v) is 4.20. The molecule has 4 aromatic rings. The molecule has 0 radical (unpaired) electrons. The quantitative estimate of drug-likeness (QED) is 0.491. The number of imidazole rings is 1. The first-order valence-corrected chi connectivity index (χ1v) is 11.1. The van der Waals surface area contributed by atoms with Gasteiger partial charge in [-0.3, -0.25) is 14.0 Å². The molecule has 2 aromatic carbocycles. The van der Waals surface area contributed by atoms with Crippen molar-refractivity contribution in [3.05, 3.63) is 72.2 Å². The zero-order chi connectivity index (χ0) is 23.8. The molecule has 0 bridgehead atoms. The van der Waals surface area contributed by atoms with E-state index >= 15 is 0 Å². The minimum absolute atomic E-state index is 0.0543. The number of rotatable bonds is 5. The molecule has 0 unspecified atom stereocenters. The van der Waals surface area contributed by atoms with Crippen LogP contribution in [0.5, 0.6) is 5.75 Å². The SMILES string of the molecule is COc1ccc(-c2cn3cccnc3n2)cc1NC(=O)[C@H]1CC(=O)N(c2ccc(C)c(C)c2)C1. The Kier molecular flexibility index (Phi) is 5.49. The van der Waals surface area contributed by atoms with Crippen LogP contribution in [0.25, 0.3) is 17.0 Å². The number of hydrogen-bond donors (Lipinski definition) is 1. The Morgan fingerprint density at radius 2 is 2.00 bits per heavy atom. The van der Waals surface area contributed by atoms with Crippen LogP contribution in [0.15, 0.2) is 61.1 Å². The van der Waals surface area contributed by atoms with Gasteiger partial charge >= 0.3 is 0 Å². The van der Waals surface area contributed by atoms with Gasteiger partial charge < -0.3 is 15.0 Å². The van der Waals surface area contributed by atoms with Crippen molar-refractivity contribution in [2.75, 3.05) is 23.9 Å². The van der Waals surface area contributed by atoms with Gasteiger partial charge in [0.05, 0.1) is 24.4 Å². The van der Waals surface area contributed by atoms with Crippen LogP contribution in [0, 0.1) is 19.8 Å².